The zero-order chi connectivity index (χ0) is 12.1. The molecule has 86 valence electrons. The van der Waals surface area contributed by atoms with E-state index in [2.05, 4.69) is 27.9 Å². The highest BCUT2D eigenvalue weighted by molar-refractivity contribution is 14.1. The standard InChI is InChI=1S/C10H9ClINO3/c11-7-5-6(1-2-8(7)12)10(16)13-4-3-9(14)15/h1-2,5H,3-4H2,(H,13,16)(H,14,15). The van der Waals surface area contributed by atoms with Gasteiger partial charge in [-0.05, 0) is 40.8 Å². The van der Waals surface area contributed by atoms with E-state index in [0.717, 1.165) is 3.57 Å². The van der Waals surface area contributed by atoms with Gasteiger partial charge in [-0.1, -0.05) is 11.6 Å². The van der Waals surface area contributed by atoms with Crippen LogP contribution in [0, 0.1) is 3.57 Å². The Bertz CT molecular complexity index is 423. The first-order valence-electron chi connectivity index (χ1n) is 4.45. The van der Waals surface area contributed by atoms with Crippen LogP contribution in [0.4, 0.5) is 0 Å². The van der Waals surface area contributed by atoms with Gasteiger partial charge in [0.05, 0.1) is 11.4 Å². The van der Waals surface area contributed by atoms with E-state index in [4.69, 9.17) is 16.7 Å². The van der Waals surface area contributed by atoms with Crippen LogP contribution >= 0.6 is 34.2 Å². The number of aliphatic carboxylic acids is 1. The molecule has 0 radical (unpaired) electrons. The summed E-state index contributed by atoms with van der Waals surface area (Å²) in [5, 5.41) is 11.4. The summed E-state index contributed by atoms with van der Waals surface area (Å²) in [5.74, 6) is -1.26. The molecule has 4 nitrogen and oxygen atoms in total. The third kappa shape index (κ3) is 3.97. The van der Waals surface area contributed by atoms with Gasteiger partial charge in [0.15, 0.2) is 0 Å². The van der Waals surface area contributed by atoms with Crippen LogP contribution in [0.5, 0.6) is 0 Å². The van der Waals surface area contributed by atoms with Gasteiger partial charge in [0.1, 0.15) is 0 Å². The molecule has 1 aromatic carbocycles. The van der Waals surface area contributed by atoms with Crippen molar-refractivity contribution in [2.75, 3.05) is 6.54 Å². The molecule has 0 atom stereocenters. The molecular formula is C10H9ClINO3. The molecule has 0 aliphatic heterocycles. The number of benzene rings is 1. The molecule has 1 rings (SSSR count). The Morgan fingerprint density at radius 1 is 1.44 bits per heavy atom. The van der Waals surface area contributed by atoms with Crippen LogP contribution in [0.15, 0.2) is 18.2 Å². The number of carbonyl (C=O) groups is 2. The first-order valence-corrected chi connectivity index (χ1v) is 5.91. The van der Waals surface area contributed by atoms with E-state index in [9.17, 15) is 9.59 Å². The van der Waals surface area contributed by atoms with Gasteiger partial charge in [0.25, 0.3) is 5.91 Å². The third-order valence-electron chi connectivity index (χ3n) is 1.81. The fourth-order valence-corrected chi connectivity index (χ4v) is 1.54. The van der Waals surface area contributed by atoms with Gasteiger partial charge in [-0.15, -0.1) is 0 Å². The molecule has 0 bridgehead atoms. The van der Waals surface area contributed by atoms with E-state index in [1.165, 1.54) is 0 Å². The van der Waals surface area contributed by atoms with Gasteiger partial charge in [0.2, 0.25) is 0 Å². The number of amides is 1. The lowest BCUT2D eigenvalue weighted by Crippen LogP contribution is -2.25. The van der Waals surface area contributed by atoms with Crippen LogP contribution in [-0.4, -0.2) is 23.5 Å². The molecular weight excluding hydrogens is 344 g/mol. The first kappa shape index (κ1) is 13.2. The maximum Gasteiger partial charge on any atom is 0.305 e. The number of halogens is 2. The quantitative estimate of drug-likeness (QED) is 0.815. The van der Waals surface area contributed by atoms with E-state index in [0.29, 0.717) is 10.6 Å². The van der Waals surface area contributed by atoms with Gasteiger partial charge in [-0.3, -0.25) is 9.59 Å². The molecule has 0 saturated heterocycles. The van der Waals surface area contributed by atoms with E-state index in [-0.39, 0.29) is 18.9 Å². The van der Waals surface area contributed by atoms with E-state index >= 15 is 0 Å². The second kappa shape index (κ2) is 6.05. The molecule has 0 heterocycles. The number of hydrogen-bond acceptors (Lipinski definition) is 2. The first-order chi connectivity index (χ1) is 7.50. The largest absolute Gasteiger partial charge is 0.481 e. The summed E-state index contributed by atoms with van der Waals surface area (Å²) in [6.07, 6.45) is -0.0934. The smallest absolute Gasteiger partial charge is 0.305 e. The zero-order valence-electron chi connectivity index (χ0n) is 8.17. The van der Waals surface area contributed by atoms with Crippen molar-refractivity contribution in [3.05, 3.63) is 32.4 Å². The minimum Gasteiger partial charge on any atom is -0.481 e. The van der Waals surface area contributed by atoms with Gasteiger partial charge in [-0.25, -0.2) is 0 Å². The zero-order valence-corrected chi connectivity index (χ0v) is 11.1. The maximum absolute atomic E-state index is 11.5. The fraction of sp³-hybridized carbons (Fsp3) is 0.200. The monoisotopic (exact) mass is 353 g/mol. The molecule has 2 N–H and O–H groups in total. The lowest BCUT2D eigenvalue weighted by atomic mass is 10.2. The normalized spacial score (nSPS) is 9.88. The molecule has 0 unspecified atom stereocenters. The van der Waals surface area contributed by atoms with Gasteiger partial charge >= 0.3 is 5.97 Å². The summed E-state index contributed by atoms with van der Waals surface area (Å²) in [7, 11) is 0. The average Bonchev–Trinajstić information content (AvgIpc) is 2.21. The van der Waals surface area contributed by atoms with Crippen LogP contribution in [0.3, 0.4) is 0 Å². The summed E-state index contributed by atoms with van der Waals surface area (Å²) in [5.41, 5.74) is 0.427. The number of hydrogen-bond donors (Lipinski definition) is 2. The SMILES string of the molecule is O=C(O)CCNC(=O)c1ccc(I)c(Cl)c1. The summed E-state index contributed by atoms with van der Waals surface area (Å²) >= 11 is 7.92. The van der Waals surface area contributed by atoms with Crippen LogP contribution in [0.25, 0.3) is 0 Å². The minimum absolute atomic E-state index is 0.0934. The lowest BCUT2D eigenvalue weighted by molar-refractivity contribution is -0.136. The van der Waals surface area contributed by atoms with Crippen molar-refractivity contribution in [3.63, 3.8) is 0 Å². The predicted octanol–water partition coefficient (Wildman–Crippen LogP) is 2.15. The fourth-order valence-electron chi connectivity index (χ4n) is 1.02. The summed E-state index contributed by atoms with van der Waals surface area (Å²) in [4.78, 5) is 21.8. The van der Waals surface area contributed by atoms with Crippen molar-refractivity contribution >= 4 is 46.1 Å². The molecule has 0 spiro atoms. The third-order valence-corrected chi connectivity index (χ3v) is 3.38. The van der Waals surface area contributed by atoms with Gasteiger partial charge in [-0.2, -0.15) is 0 Å². The van der Waals surface area contributed by atoms with Crippen LogP contribution < -0.4 is 5.32 Å². The molecule has 1 amide bonds. The highest BCUT2D eigenvalue weighted by atomic mass is 127. The highest BCUT2D eigenvalue weighted by Crippen LogP contribution is 2.19. The Kier molecular flexibility index (Phi) is 5.01. The number of nitrogens with one attached hydrogen (secondary N) is 1. The molecule has 0 aromatic heterocycles. The van der Waals surface area contributed by atoms with Crippen molar-refractivity contribution in [2.45, 2.75) is 6.42 Å². The van der Waals surface area contributed by atoms with E-state index in [1.807, 2.05) is 0 Å². The van der Waals surface area contributed by atoms with Gasteiger partial charge in [0, 0.05) is 15.7 Å². The van der Waals surface area contributed by atoms with Crippen molar-refractivity contribution in [3.8, 4) is 0 Å². The Morgan fingerprint density at radius 3 is 2.69 bits per heavy atom. The average molecular weight is 354 g/mol. The topological polar surface area (TPSA) is 66.4 Å². The second-order valence-electron chi connectivity index (χ2n) is 3.03. The van der Waals surface area contributed by atoms with Crippen molar-refractivity contribution in [2.24, 2.45) is 0 Å². The molecule has 6 heteroatoms. The van der Waals surface area contributed by atoms with Crippen LogP contribution in [0.1, 0.15) is 16.8 Å². The highest BCUT2D eigenvalue weighted by Gasteiger charge is 2.07. The second-order valence-corrected chi connectivity index (χ2v) is 4.60. The molecule has 16 heavy (non-hydrogen) atoms. The summed E-state index contributed by atoms with van der Waals surface area (Å²) in [6.45, 7) is 0.109. The van der Waals surface area contributed by atoms with Gasteiger partial charge < -0.3 is 10.4 Å². The molecule has 0 aliphatic carbocycles. The van der Waals surface area contributed by atoms with E-state index < -0.39 is 5.97 Å². The van der Waals surface area contributed by atoms with E-state index in [1.54, 1.807) is 18.2 Å². The Hall–Kier alpha value is -0.820. The summed E-state index contributed by atoms with van der Waals surface area (Å²) < 4.78 is 0.862. The van der Waals surface area contributed by atoms with Crippen molar-refractivity contribution < 1.29 is 14.7 Å². The summed E-state index contributed by atoms with van der Waals surface area (Å²) in [6, 6.07) is 4.93. The number of carboxylic acids is 1. The molecule has 1 aromatic rings. The minimum atomic E-state index is -0.944. The predicted molar refractivity (Wildman–Crippen MR) is 68.8 cm³/mol. The number of carboxylic acid groups (broad SMARTS) is 1. The van der Waals surface area contributed by atoms with Crippen LogP contribution in [0.2, 0.25) is 5.02 Å². The van der Waals surface area contributed by atoms with Crippen LogP contribution in [-0.2, 0) is 4.79 Å². The Morgan fingerprint density at radius 2 is 2.12 bits per heavy atom. The molecule has 0 fully saturated rings. The van der Waals surface area contributed by atoms with Crippen molar-refractivity contribution in [1.29, 1.82) is 0 Å². The number of rotatable bonds is 4. The Labute approximate surface area is 111 Å². The molecule has 0 saturated carbocycles. The molecule has 0 aliphatic rings. The maximum atomic E-state index is 11.5. The number of carbonyl (C=O) groups excluding carboxylic acids is 1. The van der Waals surface area contributed by atoms with Crippen molar-refractivity contribution in [1.82, 2.24) is 5.32 Å². The lowest BCUT2D eigenvalue weighted by Gasteiger charge is -2.04. The Balaban J connectivity index is 2.59.